The molecule has 4 aliphatic rings. The van der Waals surface area contributed by atoms with Gasteiger partial charge in [0.15, 0.2) is 0 Å². The first kappa shape index (κ1) is 15.5. The van der Waals surface area contributed by atoms with Crippen molar-refractivity contribution < 1.29 is 4.74 Å². The number of likely N-dealkylation sites (N-methyl/N-ethyl adjacent to an activating group) is 1. The molecule has 0 aromatic rings. The molecule has 3 atom stereocenters. The molecule has 2 nitrogen and oxygen atoms in total. The van der Waals surface area contributed by atoms with Gasteiger partial charge in [-0.25, -0.2) is 0 Å². The van der Waals surface area contributed by atoms with Crippen LogP contribution < -0.4 is 0 Å². The molecule has 1 saturated carbocycles. The van der Waals surface area contributed by atoms with E-state index >= 15 is 0 Å². The molecule has 2 heteroatoms. The third-order valence-corrected chi connectivity index (χ3v) is 6.81. The molecule has 0 aromatic carbocycles. The summed E-state index contributed by atoms with van der Waals surface area (Å²) >= 11 is 0. The number of nitrogens with zero attached hydrogens (tertiary/aromatic N) is 1. The van der Waals surface area contributed by atoms with Crippen LogP contribution in [-0.2, 0) is 4.74 Å². The van der Waals surface area contributed by atoms with E-state index in [1.807, 2.05) is 0 Å². The Morgan fingerprint density at radius 3 is 2.74 bits per heavy atom. The van der Waals surface area contributed by atoms with Gasteiger partial charge in [0, 0.05) is 5.92 Å². The Labute approximate surface area is 141 Å². The maximum Gasteiger partial charge on any atom is 0.104 e. The predicted octanol–water partition coefficient (Wildman–Crippen LogP) is 4.84. The highest BCUT2D eigenvalue weighted by Gasteiger charge is 2.65. The van der Waals surface area contributed by atoms with Gasteiger partial charge in [-0.05, 0) is 76.8 Å². The molecule has 2 bridgehead atoms. The van der Waals surface area contributed by atoms with E-state index in [1.165, 1.54) is 57.1 Å². The summed E-state index contributed by atoms with van der Waals surface area (Å²) in [6, 6.07) is 0. The largest absolute Gasteiger partial charge is 0.498 e. The van der Waals surface area contributed by atoms with Crippen molar-refractivity contribution in [1.82, 2.24) is 4.90 Å². The summed E-state index contributed by atoms with van der Waals surface area (Å²) < 4.78 is 6.18. The molecule has 126 valence electrons. The van der Waals surface area contributed by atoms with Crippen LogP contribution in [0, 0.1) is 11.3 Å². The SMILES string of the molecule is CCOC1=C[C@]2(N(C)C)C(C3=CCCCC3)=C[C@]13CCCC[C@@H]32. The van der Waals surface area contributed by atoms with Gasteiger partial charge in [-0.2, -0.15) is 0 Å². The average Bonchev–Trinajstić information content (AvgIpc) is 3.03. The summed E-state index contributed by atoms with van der Waals surface area (Å²) in [6.45, 7) is 2.91. The Bertz CT molecular complexity index is 585. The molecular formula is C21H31NO. The first-order valence-corrected chi connectivity index (χ1v) is 9.61. The molecule has 0 aromatic heterocycles. The molecular weight excluding hydrogens is 282 g/mol. The second-order valence-electron chi connectivity index (χ2n) is 8.03. The van der Waals surface area contributed by atoms with Crippen LogP contribution in [0.3, 0.4) is 0 Å². The van der Waals surface area contributed by atoms with Crippen LogP contribution in [0.5, 0.6) is 0 Å². The van der Waals surface area contributed by atoms with Crippen molar-refractivity contribution in [2.45, 2.75) is 63.8 Å². The summed E-state index contributed by atoms with van der Waals surface area (Å²) in [5, 5.41) is 0. The summed E-state index contributed by atoms with van der Waals surface area (Å²) in [5.74, 6) is 1.96. The highest BCUT2D eigenvalue weighted by Crippen LogP contribution is 2.67. The Morgan fingerprint density at radius 1 is 1.17 bits per heavy atom. The van der Waals surface area contributed by atoms with Crippen LogP contribution >= 0.6 is 0 Å². The van der Waals surface area contributed by atoms with Crippen LogP contribution in [-0.4, -0.2) is 31.1 Å². The normalized spacial score (nSPS) is 39.0. The highest BCUT2D eigenvalue weighted by molar-refractivity contribution is 5.59. The van der Waals surface area contributed by atoms with Crippen molar-refractivity contribution >= 4 is 0 Å². The molecule has 0 radical (unpaired) electrons. The van der Waals surface area contributed by atoms with Crippen LogP contribution in [0.15, 0.2) is 35.1 Å². The van der Waals surface area contributed by atoms with E-state index in [1.54, 1.807) is 11.1 Å². The van der Waals surface area contributed by atoms with Gasteiger partial charge >= 0.3 is 0 Å². The maximum atomic E-state index is 6.18. The zero-order valence-electron chi connectivity index (χ0n) is 15.0. The van der Waals surface area contributed by atoms with Crippen LogP contribution in [0.4, 0.5) is 0 Å². The number of allylic oxidation sites excluding steroid dienone is 2. The van der Waals surface area contributed by atoms with Gasteiger partial charge in [-0.3, -0.25) is 4.90 Å². The van der Waals surface area contributed by atoms with Gasteiger partial charge < -0.3 is 4.74 Å². The minimum atomic E-state index is 0.0775. The maximum absolute atomic E-state index is 6.18. The molecule has 0 heterocycles. The van der Waals surface area contributed by atoms with Crippen molar-refractivity contribution in [3.05, 3.63) is 35.1 Å². The number of rotatable bonds is 4. The second-order valence-corrected chi connectivity index (χ2v) is 8.03. The van der Waals surface area contributed by atoms with E-state index in [2.05, 4.69) is 44.1 Å². The van der Waals surface area contributed by atoms with Gasteiger partial charge in [0.25, 0.3) is 0 Å². The summed E-state index contributed by atoms with van der Waals surface area (Å²) in [6.07, 6.45) is 18.2. The topological polar surface area (TPSA) is 12.5 Å². The minimum Gasteiger partial charge on any atom is -0.498 e. The summed E-state index contributed by atoms with van der Waals surface area (Å²) in [4.78, 5) is 2.48. The first-order valence-electron chi connectivity index (χ1n) is 9.61. The number of ether oxygens (including phenoxy) is 1. The van der Waals surface area contributed by atoms with Gasteiger partial charge in [-0.15, -0.1) is 0 Å². The van der Waals surface area contributed by atoms with Crippen LogP contribution in [0.1, 0.15) is 58.3 Å². The number of hydrogen-bond donors (Lipinski definition) is 0. The standard InChI is InChI=1S/C21H31NO/c1-4-23-19-15-21(22(2)3)17(16-10-6-5-7-11-16)14-20(19)13-9-8-12-18(20)21/h10,14-15,18H,4-9,11-13H2,1-3H3/t18-,20-,21-/m0/s1. The molecule has 4 aliphatic carbocycles. The van der Waals surface area contributed by atoms with E-state index in [-0.39, 0.29) is 11.0 Å². The third kappa shape index (κ3) is 1.97. The lowest BCUT2D eigenvalue weighted by atomic mass is 9.66. The minimum absolute atomic E-state index is 0.0775. The Kier molecular flexibility index (Phi) is 3.72. The predicted molar refractivity (Wildman–Crippen MR) is 95.2 cm³/mol. The fraction of sp³-hybridized carbons (Fsp3) is 0.714. The van der Waals surface area contributed by atoms with Gasteiger partial charge in [0.2, 0.25) is 0 Å². The summed E-state index contributed by atoms with van der Waals surface area (Å²) in [5.41, 5.74) is 3.52. The van der Waals surface area contributed by atoms with Crippen LogP contribution in [0.25, 0.3) is 0 Å². The van der Waals surface area contributed by atoms with Crippen molar-refractivity contribution in [2.75, 3.05) is 20.7 Å². The average molecular weight is 313 g/mol. The van der Waals surface area contributed by atoms with E-state index < -0.39 is 0 Å². The fourth-order valence-corrected chi connectivity index (χ4v) is 5.87. The van der Waals surface area contributed by atoms with E-state index in [0.29, 0.717) is 5.92 Å². The molecule has 23 heavy (non-hydrogen) atoms. The van der Waals surface area contributed by atoms with E-state index in [4.69, 9.17) is 4.74 Å². The van der Waals surface area contributed by atoms with Gasteiger partial charge in [0.05, 0.1) is 17.6 Å². The van der Waals surface area contributed by atoms with Crippen molar-refractivity contribution in [3.63, 3.8) is 0 Å². The molecule has 0 spiro atoms. The van der Waals surface area contributed by atoms with Gasteiger partial charge in [0.1, 0.15) is 5.76 Å². The Balaban J connectivity index is 1.84. The molecule has 1 fully saturated rings. The quantitative estimate of drug-likeness (QED) is 0.736. The Morgan fingerprint density at radius 2 is 2.04 bits per heavy atom. The van der Waals surface area contributed by atoms with Gasteiger partial charge in [-0.1, -0.05) is 25.0 Å². The fourth-order valence-electron chi connectivity index (χ4n) is 5.87. The van der Waals surface area contributed by atoms with Crippen molar-refractivity contribution in [1.29, 1.82) is 0 Å². The van der Waals surface area contributed by atoms with E-state index in [9.17, 15) is 0 Å². The molecule has 4 rings (SSSR count). The Hall–Kier alpha value is -1.02. The highest BCUT2D eigenvalue weighted by atomic mass is 16.5. The van der Waals surface area contributed by atoms with Crippen molar-refractivity contribution in [3.8, 4) is 0 Å². The molecule has 0 unspecified atom stereocenters. The molecule has 0 amide bonds. The molecule has 0 saturated heterocycles. The molecule has 0 aliphatic heterocycles. The monoisotopic (exact) mass is 313 g/mol. The van der Waals surface area contributed by atoms with Crippen LogP contribution in [0.2, 0.25) is 0 Å². The lowest BCUT2D eigenvalue weighted by molar-refractivity contribution is 0.0722. The third-order valence-electron chi connectivity index (χ3n) is 6.81. The smallest absolute Gasteiger partial charge is 0.104 e. The van der Waals surface area contributed by atoms with E-state index in [0.717, 1.165) is 6.61 Å². The number of hydrogen-bond acceptors (Lipinski definition) is 2. The zero-order chi connectivity index (χ0) is 16.1. The first-order chi connectivity index (χ1) is 11.1. The second kappa shape index (κ2) is 5.51. The summed E-state index contributed by atoms with van der Waals surface area (Å²) in [7, 11) is 4.54. The lowest BCUT2D eigenvalue weighted by Gasteiger charge is -2.44. The molecule has 0 N–H and O–H groups in total. The lowest BCUT2D eigenvalue weighted by Crippen LogP contribution is -2.49. The van der Waals surface area contributed by atoms with Crippen molar-refractivity contribution in [2.24, 2.45) is 11.3 Å². The zero-order valence-corrected chi connectivity index (χ0v) is 15.0.